The third-order valence-electron chi connectivity index (χ3n) is 3.29. The lowest BCUT2D eigenvalue weighted by atomic mass is 10.1. The standard InChI is InChI=1S/C18H13BrN4O2/c19-12-8-9-16(21-11-12)23-17(24)13-5-1-2-6-14(13)22-18(25)15-7-3-4-10-20-15/h1-11H,(H,22,25)(H,21,23,24). The maximum absolute atomic E-state index is 12.5. The van der Waals surface area contributed by atoms with Gasteiger partial charge in [0.1, 0.15) is 11.5 Å². The number of amides is 2. The molecule has 0 unspecified atom stereocenters. The van der Waals surface area contributed by atoms with Gasteiger partial charge < -0.3 is 10.6 Å². The fourth-order valence-electron chi connectivity index (χ4n) is 2.11. The van der Waals surface area contributed by atoms with Gasteiger partial charge in [0, 0.05) is 16.9 Å². The van der Waals surface area contributed by atoms with Crippen LogP contribution in [-0.2, 0) is 0 Å². The summed E-state index contributed by atoms with van der Waals surface area (Å²) in [6.45, 7) is 0. The second-order valence-electron chi connectivity index (χ2n) is 5.03. The Balaban J connectivity index is 1.79. The van der Waals surface area contributed by atoms with Crippen molar-refractivity contribution in [3.05, 3.63) is 82.7 Å². The molecule has 2 amide bonds. The van der Waals surface area contributed by atoms with Crippen molar-refractivity contribution in [3.8, 4) is 0 Å². The molecule has 0 aliphatic rings. The van der Waals surface area contributed by atoms with Crippen LogP contribution in [0.2, 0.25) is 0 Å². The van der Waals surface area contributed by atoms with Gasteiger partial charge in [-0.25, -0.2) is 4.98 Å². The first-order valence-corrected chi connectivity index (χ1v) is 8.17. The Morgan fingerprint density at radius 1 is 0.840 bits per heavy atom. The van der Waals surface area contributed by atoms with Gasteiger partial charge in [-0.2, -0.15) is 0 Å². The molecule has 0 spiro atoms. The van der Waals surface area contributed by atoms with Gasteiger partial charge in [-0.3, -0.25) is 14.6 Å². The molecular formula is C18H13BrN4O2. The Morgan fingerprint density at radius 3 is 2.36 bits per heavy atom. The predicted octanol–water partition coefficient (Wildman–Crippen LogP) is 3.74. The number of carbonyl (C=O) groups is 2. The fourth-order valence-corrected chi connectivity index (χ4v) is 2.34. The topological polar surface area (TPSA) is 84.0 Å². The van der Waals surface area contributed by atoms with Crippen LogP contribution >= 0.6 is 15.9 Å². The van der Waals surface area contributed by atoms with Crippen molar-refractivity contribution in [2.24, 2.45) is 0 Å². The van der Waals surface area contributed by atoms with Crippen LogP contribution in [-0.4, -0.2) is 21.8 Å². The first-order valence-electron chi connectivity index (χ1n) is 7.38. The number of benzene rings is 1. The monoisotopic (exact) mass is 396 g/mol. The Kier molecular flexibility index (Phi) is 5.15. The van der Waals surface area contributed by atoms with Crippen LogP contribution < -0.4 is 10.6 Å². The van der Waals surface area contributed by atoms with E-state index < -0.39 is 0 Å². The Labute approximate surface area is 152 Å². The molecule has 2 heterocycles. The molecule has 0 atom stereocenters. The van der Waals surface area contributed by atoms with E-state index in [0.29, 0.717) is 17.1 Å². The maximum atomic E-state index is 12.5. The molecule has 0 saturated heterocycles. The molecule has 0 aliphatic carbocycles. The van der Waals surface area contributed by atoms with Crippen LogP contribution in [0.5, 0.6) is 0 Å². The summed E-state index contributed by atoms with van der Waals surface area (Å²) in [5.41, 5.74) is 0.997. The molecule has 3 rings (SSSR count). The van der Waals surface area contributed by atoms with Crippen molar-refractivity contribution >= 4 is 39.2 Å². The fraction of sp³-hybridized carbons (Fsp3) is 0. The van der Waals surface area contributed by atoms with E-state index in [-0.39, 0.29) is 17.5 Å². The third kappa shape index (κ3) is 4.27. The zero-order valence-corrected chi connectivity index (χ0v) is 14.5. The number of hydrogen-bond acceptors (Lipinski definition) is 4. The van der Waals surface area contributed by atoms with Gasteiger partial charge in [0.25, 0.3) is 11.8 Å². The number of hydrogen-bond donors (Lipinski definition) is 2. The molecular weight excluding hydrogens is 384 g/mol. The van der Waals surface area contributed by atoms with Gasteiger partial charge in [0.05, 0.1) is 11.3 Å². The second-order valence-corrected chi connectivity index (χ2v) is 5.95. The lowest BCUT2D eigenvalue weighted by molar-refractivity contribution is 0.102. The zero-order valence-electron chi connectivity index (χ0n) is 12.9. The first-order chi connectivity index (χ1) is 12.1. The summed E-state index contributed by atoms with van der Waals surface area (Å²) in [6.07, 6.45) is 3.12. The number of anilines is 2. The quantitative estimate of drug-likeness (QED) is 0.703. The highest BCUT2D eigenvalue weighted by Crippen LogP contribution is 2.18. The van der Waals surface area contributed by atoms with Crippen molar-refractivity contribution in [1.82, 2.24) is 9.97 Å². The molecule has 1 aromatic carbocycles. The van der Waals surface area contributed by atoms with Crippen LogP contribution in [0.25, 0.3) is 0 Å². The van der Waals surface area contributed by atoms with Crippen molar-refractivity contribution in [2.45, 2.75) is 0 Å². The molecule has 6 nitrogen and oxygen atoms in total. The van der Waals surface area contributed by atoms with Gasteiger partial charge in [-0.05, 0) is 52.3 Å². The van der Waals surface area contributed by atoms with Crippen LogP contribution in [0.4, 0.5) is 11.5 Å². The van der Waals surface area contributed by atoms with Crippen LogP contribution in [0.3, 0.4) is 0 Å². The van der Waals surface area contributed by atoms with Gasteiger partial charge in [-0.15, -0.1) is 0 Å². The zero-order chi connectivity index (χ0) is 17.6. The number of para-hydroxylation sites is 1. The second kappa shape index (κ2) is 7.67. The van der Waals surface area contributed by atoms with Crippen molar-refractivity contribution in [2.75, 3.05) is 10.6 Å². The number of pyridine rings is 2. The average Bonchev–Trinajstić information content (AvgIpc) is 2.64. The van der Waals surface area contributed by atoms with Gasteiger partial charge in [0.2, 0.25) is 0 Å². The minimum absolute atomic E-state index is 0.271. The summed E-state index contributed by atoms with van der Waals surface area (Å²) < 4.78 is 0.813. The van der Waals surface area contributed by atoms with E-state index in [1.807, 2.05) is 0 Å². The minimum atomic E-state index is -0.386. The molecule has 0 saturated carbocycles. The summed E-state index contributed by atoms with van der Waals surface area (Å²) >= 11 is 3.29. The minimum Gasteiger partial charge on any atom is -0.320 e. The van der Waals surface area contributed by atoms with E-state index in [9.17, 15) is 9.59 Å². The van der Waals surface area contributed by atoms with E-state index in [1.165, 1.54) is 6.20 Å². The lowest BCUT2D eigenvalue weighted by Gasteiger charge is -2.11. The number of aromatic nitrogens is 2. The van der Waals surface area contributed by atoms with Gasteiger partial charge >= 0.3 is 0 Å². The molecule has 25 heavy (non-hydrogen) atoms. The summed E-state index contributed by atoms with van der Waals surface area (Å²) in [6, 6.07) is 15.2. The van der Waals surface area contributed by atoms with Gasteiger partial charge in [-0.1, -0.05) is 18.2 Å². The normalized spacial score (nSPS) is 10.1. The van der Waals surface area contributed by atoms with E-state index in [2.05, 4.69) is 36.5 Å². The van der Waals surface area contributed by atoms with Crippen LogP contribution in [0, 0.1) is 0 Å². The Morgan fingerprint density at radius 2 is 1.64 bits per heavy atom. The predicted molar refractivity (Wildman–Crippen MR) is 98.5 cm³/mol. The Bertz CT molecular complexity index is 898. The summed E-state index contributed by atoms with van der Waals surface area (Å²) in [4.78, 5) is 32.9. The molecule has 0 radical (unpaired) electrons. The highest BCUT2D eigenvalue weighted by Gasteiger charge is 2.15. The van der Waals surface area contributed by atoms with E-state index in [4.69, 9.17) is 0 Å². The molecule has 0 aliphatic heterocycles. The summed E-state index contributed by atoms with van der Waals surface area (Å²) in [5, 5.41) is 5.41. The van der Waals surface area contributed by atoms with Gasteiger partial charge in [0.15, 0.2) is 0 Å². The summed E-state index contributed by atoms with van der Waals surface area (Å²) in [7, 11) is 0. The van der Waals surface area contributed by atoms with Crippen LogP contribution in [0.1, 0.15) is 20.8 Å². The van der Waals surface area contributed by atoms with E-state index in [1.54, 1.807) is 60.8 Å². The molecule has 0 fully saturated rings. The van der Waals surface area contributed by atoms with E-state index >= 15 is 0 Å². The lowest BCUT2D eigenvalue weighted by Crippen LogP contribution is -2.19. The highest BCUT2D eigenvalue weighted by molar-refractivity contribution is 9.10. The van der Waals surface area contributed by atoms with E-state index in [0.717, 1.165) is 4.47 Å². The van der Waals surface area contributed by atoms with Crippen molar-refractivity contribution < 1.29 is 9.59 Å². The van der Waals surface area contributed by atoms with Crippen molar-refractivity contribution in [3.63, 3.8) is 0 Å². The molecule has 7 heteroatoms. The average molecular weight is 397 g/mol. The molecule has 2 N–H and O–H groups in total. The molecule has 0 bridgehead atoms. The highest BCUT2D eigenvalue weighted by atomic mass is 79.9. The summed E-state index contributed by atoms with van der Waals surface area (Å²) in [5.74, 6) is -0.339. The number of halogens is 1. The maximum Gasteiger partial charge on any atom is 0.274 e. The molecule has 2 aromatic heterocycles. The first kappa shape index (κ1) is 16.8. The van der Waals surface area contributed by atoms with Crippen molar-refractivity contribution in [1.29, 1.82) is 0 Å². The SMILES string of the molecule is O=C(Nc1ccccc1C(=O)Nc1ccc(Br)cn1)c1ccccn1. The number of carbonyl (C=O) groups excluding carboxylic acids is 2. The molecule has 124 valence electrons. The van der Waals surface area contributed by atoms with Crippen LogP contribution in [0.15, 0.2) is 71.5 Å². The number of rotatable bonds is 4. The molecule has 3 aromatic rings. The Hall–Kier alpha value is -3.06. The largest absolute Gasteiger partial charge is 0.320 e. The third-order valence-corrected chi connectivity index (χ3v) is 3.76. The number of nitrogens with one attached hydrogen (secondary N) is 2. The smallest absolute Gasteiger partial charge is 0.274 e. The number of nitrogens with zero attached hydrogens (tertiary/aromatic N) is 2.